The molecule has 0 saturated heterocycles. The van der Waals surface area contributed by atoms with E-state index in [2.05, 4.69) is 39.8 Å². The Balaban J connectivity index is 1.33. The van der Waals surface area contributed by atoms with Crippen LogP contribution in [0.3, 0.4) is 0 Å². The molecule has 0 unspecified atom stereocenters. The molecule has 1 aromatic heterocycles. The summed E-state index contributed by atoms with van der Waals surface area (Å²) in [4.78, 5) is 4.67. The molecule has 6 nitrogen and oxygen atoms in total. The Morgan fingerprint density at radius 2 is 1.81 bits per heavy atom. The molecule has 5 N–H and O–H groups in total. The molecule has 1 saturated carbocycles. The number of rotatable bonds is 8. The third kappa shape index (κ3) is 5.33. The summed E-state index contributed by atoms with van der Waals surface area (Å²) in [5.41, 5.74) is 6.12. The molecule has 1 aliphatic rings. The van der Waals surface area contributed by atoms with Gasteiger partial charge in [0.15, 0.2) is 0 Å². The number of ether oxygens (including phenoxy) is 1. The van der Waals surface area contributed by atoms with Crippen LogP contribution in [0.4, 0.5) is 0 Å². The van der Waals surface area contributed by atoms with Gasteiger partial charge in [0.1, 0.15) is 18.2 Å². The van der Waals surface area contributed by atoms with Gasteiger partial charge in [-0.1, -0.05) is 49.2 Å². The first-order chi connectivity index (χ1) is 15.2. The van der Waals surface area contributed by atoms with Crippen LogP contribution < -0.4 is 21.8 Å². The molecule has 2 aromatic carbocycles. The second-order valence-corrected chi connectivity index (χ2v) is 8.53. The van der Waals surface area contributed by atoms with Gasteiger partial charge in [0.25, 0.3) is 0 Å². The summed E-state index contributed by atoms with van der Waals surface area (Å²) in [5.74, 6) is 12.6. The Bertz CT molecular complexity index is 1030. The second-order valence-electron chi connectivity index (χ2n) is 8.53. The third-order valence-corrected chi connectivity index (χ3v) is 6.44. The normalized spacial score (nSPS) is 15.8. The molecule has 162 valence electrons. The summed E-state index contributed by atoms with van der Waals surface area (Å²) in [6.07, 6.45) is 7.88. The van der Waals surface area contributed by atoms with E-state index in [1.165, 1.54) is 31.2 Å². The molecule has 0 aliphatic heterocycles. The molecule has 0 bridgehead atoms. The van der Waals surface area contributed by atoms with Crippen LogP contribution in [0.2, 0.25) is 0 Å². The van der Waals surface area contributed by atoms with Crippen molar-refractivity contribution >= 4 is 16.7 Å². The number of hydrazone groups is 1. The molecule has 1 fully saturated rings. The van der Waals surface area contributed by atoms with Gasteiger partial charge in [-0.2, -0.15) is 5.10 Å². The lowest BCUT2D eigenvalue weighted by molar-refractivity contribution is 0.281. The fourth-order valence-corrected chi connectivity index (χ4v) is 4.64. The van der Waals surface area contributed by atoms with Gasteiger partial charge in [0.2, 0.25) is 0 Å². The molecule has 0 amide bonds. The van der Waals surface area contributed by atoms with Crippen LogP contribution in [0.5, 0.6) is 5.75 Å². The van der Waals surface area contributed by atoms with Crippen molar-refractivity contribution in [3.05, 3.63) is 71.9 Å². The molecule has 0 spiro atoms. The van der Waals surface area contributed by atoms with E-state index in [0.717, 1.165) is 41.6 Å². The smallest absolute Gasteiger partial charge is 0.136 e. The van der Waals surface area contributed by atoms with Gasteiger partial charge in [0.05, 0.1) is 11.2 Å². The lowest BCUT2D eigenvalue weighted by Gasteiger charge is -2.29. The van der Waals surface area contributed by atoms with Gasteiger partial charge in [0, 0.05) is 11.8 Å². The molecule has 6 heteroatoms. The van der Waals surface area contributed by atoms with E-state index < -0.39 is 0 Å². The Kier molecular flexibility index (Phi) is 6.67. The number of benzene rings is 2. The van der Waals surface area contributed by atoms with Gasteiger partial charge in [-0.25, -0.2) is 10.8 Å². The molecule has 3 aromatic rings. The van der Waals surface area contributed by atoms with Crippen LogP contribution in [0.25, 0.3) is 10.9 Å². The Labute approximate surface area is 183 Å². The van der Waals surface area contributed by atoms with Crippen LogP contribution in [-0.4, -0.2) is 10.8 Å². The topological polar surface area (TPSA) is 98.5 Å². The van der Waals surface area contributed by atoms with Crippen molar-refractivity contribution in [2.75, 3.05) is 0 Å². The number of amidine groups is 1. The van der Waals surface area contributed by atoms with Crippen LogP contribution in [-0.2, 0) is 13.0 Å². The van der Waals surface area contributed by atoms with Crippen molar-refractivity contribution < 1.29 is 4.74 Å². The maximum absolute atomic E-state index is 5.96. The SMILES string of the molecule is N/N=C(/CC1(CCc2ccc(OCc3ccc4ccccc4n3)cc2)CCCC1)NN. The largest absolute Gasteiger partial charge is 0.487 e. The first-order valence-corrected chi connectivity index (χ1v) is 11.0. The van der Waals surface area contributed by atoms with Gasteiger partial charge < -0.3 is 16.0 Å². The predicted molar refractivity (Wildman–Crippen MR) is 125 cm³/mol. The summed E-state index contributed by atoms with van der Waals surface area (Å²) in [5, 5.41) is 4.94. The summed E-state index contributed by atoms with van der Waals surface area (Å²) >= 11 is 0. The van der Waals surface area contributed by atoms with Crippen molar-refractivity contribution in [1.82, 2.24) is 10.4 Å². The number of hydrogen-bond donors (Lipinski definition) is 3. The van der Waals surface area contributed by atoms with Crippen molar-refractivity contribution in [2.45, 2.75) is 51.6 Å². The van der Waals surface area contributed by atoms with E-state index in [1.807, 2.05) is 36.4 Å². The lowest BCUT2D eigenvalue weighted by Crippen LogP contribution is -2.36. The zero-order valence-electron chi connectivity index (χ0n) is 17.9. The highest BCUT2D eigenvalue weighted by Gasteiger charge is 2.34. The predicted octanol–water partition coefficient (Wildman–Crippen LogP) is 4.43. The van der Waals surface area contributed by atoms with Crippen molar-refractivity contribution in [1.29, 1.82) is 0 Å². The highest BCUT2D eigenvalue weighted by molar-refractivity contribution is 5.82. The van der Waals surface area contributed by atoms with Crippen molar-refractivity contribution in [2.24, 2.45) is 22.2 Å². The van der Waals surface area contributed by atoms with E-state index in [4.69, 9.17) is 16.4 Å². The molecule has 4 rings (SSSR count). The number of aromatic nitrogens is 1. The van der Waals surface area contributed by atoms with Crippen LogP contribution in [0.15, 0.2) is 65.8 Å². The number of nitrogens with one attached hydrogen (secondary N) is 1. The van der Waals surface area contributed by atoms with Crippen LogP contribution >= 0.6 is 0 Å². The second kappa shape index (κ2) is 9.79. The van der Waals surface area contributed by atoms with E-state index in [-0.39, 0.29) is 5.41 Å². The number of nitrogens with zero attached hydrogens (tertiary/aromatic N) is 2. The summed E-state index contributed by atoms with van der Waals surface area (Å²) in [7, 11) is 0. The number of hydrazine groups is 1. The quantitative estimate of drug-likeness (QED) is 0.218. The fourth-order valence-electron chi connectivity index (χ4n) is 4.64. The Morgan fingerprint density at radius 1 is 1.03 bits per heavy atom. The fraction of sp³-hybridized carbons (Fsp3) is 0.360. The zero-order valence-corrected chi connectivity index (χ0v) is 17.9. The minimum Gasteiger partial charge on any atom is -0.487 e. The Morgan fingerprint density at radius 3 is 2.55 bits per heavy atom. The summed E-state index contributed by atoms with van der Waals surface area (Å²) in [6.45, 7) is 0.459. The van der Waals surface area contributed by atoms with E-state index in [1.54, 1.807) is 0 Å². The number of pyridine rings is 1. The van der Waals surface area contributed by atoms with Crippen molar-refractivity contribution in [3.8, 4) is 5.75 Å². The first kappa shape index (κ1) is 21.1. The zero-order chi connectivity index (χ0) is 21.5. The minimum absolute atomic E-state index is 0.238. The minimum atomic E-state index is 0.238. The van der Waals surface area contributed by atoms with Crippen LogP contribution in [0, 0.1) is 5.41 Å². The van der Waals surface area contributed by atoms with E-state index in [9.17, 15) is 0 Å². The lowest BCUT2D eigenvalue weighted by atomic mass is 9.77. The van der Waals surface area contributed by atoms with Crippen LogP contribution in [0.1, 0.15) is 49.8 Å². The molecule has 0 atom stereocenters. The molecule has 0 radical (unpaired) electrons. The number of nitrogens with two attached hydrogens (primary N) is 2. The monoisotopic (exact) mass is 417 g/mol. The maximum atomic E-state index is 5.96. The Hall–Kier alpha value is -3.12. The van der Waals surface area contributed by atoms with E-state index >= 15 is 0 Å². The highest BCUT2D eigenvalue weighted by atomic mass is 16.5. The van der Waals surface area contributed by atoms with Gasteiger partial charge in [-0.05, 0) is 60.9 Å². The number of para-hydroxylation sites is 1. The standard InChI is InChI=1S/C25H31N5O/c26-29-24(30-27)17-25(14-3-4-15-25)16-13-19-7-11-22(12-8-19)31-18-21-10-9-20-5-1-2-6-23(20)28-21/h1-2,5-12H,3-4,13-18,26-27H2,(H,29,30). The van der Waals surface area contributed by atoms with Gasteiger partial charge in [-0.15, -0.1) is 0 Å². The average Bonchev–Trinajstić information content (AvgIpc) is 3.29. The number of hydrogen-bond acceptors (Lipinski definition) is 5. The van der Waals surface area contributed by atoms with Gasteiger partial charge >= 0.3 is 0 Å². The highest BCUT2D eigenvalue weighted by Crippen LogP contribution is 2.44. The number of fused-ring (bicyclic) bond motifs is 1. The van der Waals surface area contributed by atoms with E-state index in [0.29, 0.717) is 12.4 Å². The summed E-state index contributed by atoms with van der Waals surface area (Å²) in [6, 6.07) is 20.6. The third-order valence-electron chi connectivity index (χ3n) is 6.44. The van der Waals surface area contributed by atoms with Crippen molar-refractivity contribution in [3.63, 3.8) is 0 Å². The molecular weight excluding hydrogens is 386 g/mol. The molecule has 1 heterocycles. The summed E-state index contributed by atoms with van der Waals surface area (Å²) < 4.78 is 5.96. The average molecular weight is 418 g/mol. The molecule has 1 aliphatic carbocycles. The van der Waals surface area contributed by atoms with Gasteiger partial charge in [-0.3, -0.25) is 0 Å². The maximum Gasteiger partial charge on any atom is 0.136 e. The molecular formula is C25H31N5O. The number of aryl methyl sites for hydroxylation is 1. The first-order valence-electron chi connectivity index (χ1n) is 11.0. The molecule has 31 heavy (non-hydrogen) atoms.